The molecule has 0 unspecified atom stereocenters. The van der Waals surface area contributed by atoms with Gasteiger partial charge in [-0.05, 0) is 49.9 Å². The molecule has 0 radical (unpaired) electrons. The van der Waals surface area contributed by atoms with E-state index >= 15 is 0 Å². The van der Waals surface area contributed by atoms with Gasteiger partial charge in [0.05, 0.1) is 17.8 Å². The Morgan fingerprint density at radius 2 is 1.80 bits per heavy atom. The van der Waals surface area contributed by atoms with Gasteiger partial charge in [-0.2, -0.15) is 0 Å². The zero-order valence-corrected chi connectivity index (χ0v) is 15.5. The SMILES string of the molecule is CCN(CC)C(=O)[C@@H]1C=C2[C@H]3C[C@H](C[C@@H]2[C@@H]2C(=O)OC(=O)[C@H]21)C3(C)C. The summed E-state index contributed by atoms with van der Waals surface area (Å²) in [4.78, 5) is 39.7. The number of amides is 1. The van der Waals surface area contributed by atoms with Gasteiger partial charge >= 0.3 is 11.9 Å². The maximum Gasteiger partial charge on any atom is 0.318 e. The molecule has 0 spiro atoms. The molecule has 5 heteroatoms. The topological polar surface area (TPSA) is 63.7 Å². The smallest absolute Gasteiger partial charge is 0.318 e. The fourth-order valence-corrected chi connectivity index (χ4v) is 5.87. The van der Waals surface area contributed by atoms with Crippen molar-refractivity contribution in [2.24, 2.45) is 40.9 Å². The van der Waals surface area contributed by atoms with Crippen LogP contribution in [0.25, 0.3) is 0 Å². The summed E-state index contributed by atoms with van der Waals surface area (Å²) in [6, 6.07) is 0. The maximum absolute atomic E-state index is 13.1. The molecule has 0 aromatic heterocycles. The molecule has 5 rings (SSSR count). The van der Waals surface area contributed by atoms with E-state index in [1.165, 1.54) is 5.57 Å². The van der Waals surface area contributed by atoms with Crippen LogP contribution in [0.4, 0.5) is 0 Å². The van der Waals surface area contributed by atoms with Gasteiger partial charge in [0, 0.05) is 13.1 Å². The highest BCUT2D eigenvalue weighted by Crippen LogP contribution is 2.66. The molecule has 1 aliphatic heterocycles. The second kappa shape index (κ2) is 5.42. The van der Waals surface area contributed by atoms with Gasteiger partial charge in [-0.3, -0.25) is 14.4 Å². The molecule has 5 nitrogen and oxygen atoms in total. The first-order valence-corrected chi connectivity index (χ1v) is 9.57. The minimum atomic E-state index is -0.630. The van der Waals surface area contributed by atoms with Crippen molar-refractivity contribution < 1.29 is 19.1 Å². The number of hydrogen-bond donors (Lipinski definition) is 0. The zero-order valence-electron chi connectivity index (χ0n) is 15.5. The van der Waals surface area contributed by atoms with Crippen molar-refractivity contribution in [2.75, 3.05) is 13.1 Å². The van der Waals surface area contributed by atoms with Gasteiger partial charge in [-0.15, -0.1) is 0 Å². The molecule has 0 N–H and O–H groups in total. The van der Waals surface area contributed by atoms with Gasteiger partial charge < -0.3 is 9.64 Å². The first-order chi connectivity index (χ1) is 11.8. The van der Waals surface area contributed by atoms with Crippen LogP contribution in [0, 0.1) is 40.9 Å². The Kier molecular flexibility index (Phi) is 3.64. The number of carbonyl (C=O) groups excluding carboxylic acids is 3. The molecule has 0 aromatic carbocycles. The molecular formula is C20H27NO4. The largest absolute Gasteiger partial charge is 0.393 e. The fraction of sp³-hybridized carbons (Fsp3) is 0.750. The van der Waals surface area contributed by atoms with Crippen LogP contribution in [-0.4, -0.2) is 35.8 Å². The molecule has 136 valence electrons. The van der Waals surface area contributed by atoms with Gasteiger partial charge in [0.15, 0.2) is 0 Å². The Balaban J connectivity index is 1.77. The van der Waals surface area contributed by atoms with Crippen LogP contribution >= 0.6 is 0 Å². The zero-order chi connectivity index (χ0) is 18.1. The van der Waals surface area contributed by atoms with Crippen molar-refractivity contribution in [1.82, 2.24) is 4.90 Å². The predicted molar refractivity (Wildman–Crippen MR) is 91.1 cm³/mol. The number of carbonyl (C=O) groups is 3. The highest BCUT2D eigenvalue weighted by atomic mass is 16.6. The van der Waals surface area contributed by atoms with Crippen molar-refractivity contribution >= 4 is 17.8 Å². The minimum Gasteiger partial charge on any atom is -0.393 e. The lowest BCUT2D eigenvalue weighted by Crippen LogP contribution is -2.56. The van der Waals surface area contributed by atoms with Crippen molar-refractivity contribution in [2.45, 2.75) is 40.5 Å². The van der Waals surface area contributed by atoms with E-state index in [-0.39, 0.29) is 17.2 Å². The number of hydrogen-bond acceptors (Lipinski definition) is 4. The molecule has 4 aliphatic carbocycles. The maximum atomic E-state index is 13.1. The predicted octanol–water partition coefficient (Wildman–Crippen LogP) is 2.41. The number of nitrogens with zero attached hydrogens (tertiary/aromatic N) is 1. The monoisotopic (exact) mass is 345 g/mol. The van der Waals surface area contributed by atoms with Crippen molar-refractivity contribution in [3.05, 3.63) is 11.6 Å². The van der Waals surface area contributed by atoms with Crippen molar-refractivity contribution in [1.29, 1.82) is 0 Å². The van der Waals surface area contributed by atoms with Crippen LogP contribution in [0.15, 0.2) is 11.6 Å². The van der Waals surface area contributed by atoms with Gasteiger partial charge in [0.1, 0.15) is 0 Å². The summed E-state index contributed by atoms with van der Waals surface area (Å²) in [6.07, 6.45) is 4.13. The van der Waals surface area contributed by atoms with Crippen molar-refractivity contribution in [3.8, 4) is 0 Å². The quantitative estimate of drug-likeness (QED) is 0.448. The summed E-state index contributed by atoms with van der Waals surface area (Å²) >= 11 is 0. The van der Waals surface area contributed by atoms with Gasteiger partial charge in [0.25, 0.3) is 0 Å². The van der Waals surface area contributed by atoms with E-state index in [0.717, 1.165) is 12.8 Å². The molecule has 1 heterocycles. The van der Waals surface area contributed by atoms with Crippen LogP contribution < -0.4 is 0 Å². The summed E-state index contributed by atoms with van der Waals surface area (Å²) < 4.78 is 5.00. The van der Waals surface area contributed by atoms with Crippen LogP contribution in [0.1, 0.15) is 40.5 Å². The second-order valence-corrected chi connectivity index (χ2v) is 8.64. The van der Waals surface area contributed by atoms with Crippen LogP contribution in [0.2, 0.25) is 0 Å². The van der Waals surface area contributed by atoms with E-state index in [1.807, 2.05) is 19.9 Å². The number of ether oxygens (including phenoxy) is 1. The normalized spacial score (nSPS) is 40.4. The first-order valence-electron chi connectivity index (χ1n) is 9.57. The molecular weight excluding hydrogens is 318 g/mol. The lowest BCUT2D eigenvalue weighted by atomic mass is 9.42. The summed E-state index contributed by atoms with van der Waals surface area (Å²) in [5, 5.41) is 0. The Hall–Kier alpha value is -1.65. The second-order valence-electron chi connectivity index (χ2n) is 8.64. The third-order valence-electron chi connectivity index (χ3n) is 7.52. The van der Waals surface area contributed by atoms with Gasteiger partial charge in [-0.25, -0.2) is 0 Å². The molecule has 1 amide bonds. The Labute approximate surface area is 148 Å². The van der Waals surface area contributed by atoms with E-state index in [2.05, 4.69) is 13.8 Å². The molecule has 3 saturated carbocycles. The van der Waals surface area contributed by atoms with Crippen LogP contribution in [-0.2, 0) is 19.1 Å². The lowest BCUT2D eigenvalue weighted by molar-refractivity contribution is -0.155. The average Bonchev–Trinajstić information content (AvgIpc) is 2.89. The Morgan fingerprint density at radius 1 is 1.16 bits per heavy atom. The third kappa shape index (κ3) is 2.10. The number of cyclic esters (lactones) is 2. The summed E-state index contributed by atoms with van der Waals surface area (Å²) in [6.45, 7) is 9.67. The summed E-state index contributed by atoms with van der Waals surface area (Å²) in [5.41, 5.74) is 1.47. The number of rotatable bonds is 3. The number of esters is 2. The third-order valence-corrected chi connectivity index (χ3v) is 7.52. The molecule has 25 heavy (non-hydrogen) atoms. The summed E-state index contributed by atoms with van der Waals surface area (Å²) in [5.74, 6) is -1.50. The standard InChI is InChI=1S/C20H27NO4/c1-5-21(6-2)17(22)13-9-11-12(7-10-8-14(11)20(10,3)4)15-16(13)19(24)25-18(15)23/h9-10,12-16H,5-8H2,1-4H3/t10-,12-,13+,14+,15-,16-/m0/s1. The molecule has 1 saturated heterocycles. The van der Waals surface area contributed by atoms with E-state index in [1.54, 1.807) is 4.90 Å². The molecule has 6 atom stereocenters. The minimum absolute atomic E-state index is 0.0446. The van der Waals surface area contributed by atoms with Crippen LogP contribution in [0.5, 0.6) is 0 Å². The Bertz CT molecular complexity index is 675. The molecule has 2 bridgehead atoms. The number of allylic oxidation sites excluding steroid dienone is 1. The number of fused-ring (bicyclic) bond motifs is 1. The fourth-order valence-electron chi connectivity index (χ4n) is 5.87. The van der Waals surface area contributed by atoms with E-state index in [0.29, 0.717) is 24.9 Å². The van der Waals surface area contributed by atoms with E-state index < -0.39 is 29.7 Å². The van der Waals surface area contributed by atoms with Gasteiger partial charge in [-0.1, -0.05) is 25.5 Å². The average molecular weight is 345 g/mol. The molecule has 5 aliphatic rings. The molecule has 0 aromatic rings. The highest BCUT2D eigenvalue weighted by molar-refractivity contribution is 6.00. The lowest BCUT2D eigenvalue weighted by Gasteiger charge is -2.62. The van der Waals surface area contributed by atoms with Gasteiger partial charge in [0.2, 0.25) is 5.91 Å². The van der Waals surface area contributed by atoms with Crippen molar-refractivity contribution in [3.63, 3.8) is 0 Å². The Morgan fingerprint density at radius 3 is 2.40 bits per heavy atom. The van der Waals surface area contributed by atoms with E-state index in [9.17, 15) is 14.4 Å². The molecule has 4 fully saturated rings. The van der Waals surface area contributed by atoms with E-state index in [4.69, 9.17) is 4.74 Å². The first kappa shape index (κ1) is 16.8. The summed E-state index contributed by atoms with van der Waals surface area (Å²) in [7, 11) is 0. The van der Waals surface area contributed by atoms with Crippen LogP contribution in [0.3, 0.4) is 0 Å². The highest BCUT2D eigenvalue weighted by Gasteiger charge is 2.64.